The van der Waals surface area contributed by atoms with Crippen LogP contribution in [-0.2, 0) is 16.1 Å². The highest BCUT2D eigenvalue weighted by atomic mass is 35.5. The molecule has 1 amide bonds. The molecule has 0 spiro atoms. The highest BCUT2D eigenvalue weighted by molar-refractivity contribution is 6.30. The first-order valence-electron chi connectivity index (χ1n) is 7.71. The Labute approximate surface area is 144 Å². The van der Waals surface area contributed by atoms with Crippen LogP contribution in [0.3, 0.4) is 0 Å². The first kappa shape index (κ1) is 16.7. The van der Waals surface area contributed by atoms with E-state index < -0.39 is 0 Å². The lowest BCUT2D eigenvalue weighted by Crippen LogP contribution is -2.53. The molecule has 128 valence electrons. The maximum Gasteiger partial charge on any atom is 0.242 e. The zero-order chi connectivity index (χ0) is 16.9. The van der Waals surface area contributed by atoms with Gasteiger partial charge in [-0.05, 0) is 19.4 Å². The van der Waals surface area contributed by atoms with E-state index in [0.717, 1.165) is 12.2 Å². The minimum Gasteiger partial charge on any atom is -0.379 e. The van der Waals surface area contributed by atoms with Gasteiger partial charge in [-0.3, -0.25) is 9.48 Å². The normalized spacial score (nSPS) is 20.6. The molecule has 0 unspecified atom stereocenters. The van der Waals surface area contributed by atoms with Crippen LogP contribution in [0.5, 0.6) is 0 Å². The van der Waals surface area contributed by atoms with Gasteiger partial charge in [0.05, 0.1) is 29.9 Å². The summed E-state index contributed by atoms with van der Waals surface area (Å²) in [6.07, 6.45) is 5.55. The van der Waals surface area contributed by atoms with Crippen molar-refractivity contribution < 1.29 is 9.53 Å². The SMILES string of the molecule is Cc1nccc(N[C@@H]2COCC[C@@H]2NC(=O)Cn2cc(Cl)cn2)n1. The van der Waals surface area contributed by atoms with Crippen LogP contribution in [-0.4, -0.2) is 51.0 Å². The number of ether oxygens (including phenoxy) is 1. The predicted molar refractivity (Wildman–Crippen MR) is 88.8 cm³/mol. The van der Waals surface area contributed by atoms with Crippen LogP contribution in [0.25, 0.3) is 0 Å². The molecule has 1 saturated heterocycles. The van der Waals surface area contributed by atoms with Crippen LogP contribution in [0.4, 0.5) is 5.82 Å². The summed E-state index contributed by atoms with van der Waals surface area (Å²) in [6.45, 7) is 3.07. The zero-order valence-electron chi connectivity index (χ0n) is 13.3. The van der Waals surface area contributed by atoms with E-state index >= 15 is 0 Å². The average Bonchev–Trinajstić information content (AvgIpc) is 2.94. The van der Waals surface area contributed by atoms with E-state index in [1.54, 1.807) is 18.5 Å². The van der Waals surface area contributed by atoms with Crippen LogP contribution >= 0.6 is 11.6 Å². The van der Waals surface area contributed by atoms with E-state index in [-0.39, 0.29) is 24.5 Å². The third kappa shape index (κ3) is 4.42. The molecular formula is C15H19ClN6O2. The summed E-state index contributed by atoms with van der Waals surface area (Å²) in [7, 11) is 0. The number of amides is 1. The number of carbonyl (C=O) groups excluding carboxylic acids is 1. The van der Waals surface area contributed by atoms with Gasteiger partial charge in [0.2, 0.25) is 5.91 Å². The molecule has 0 radical (unpaired) electrons. The quantitative estimate of drug-likeness (QED) is 0.836. The van der Waals surface area contributed by atoms with E-state index in [4.69, 9.17) is 16.3 Å². The Kier molecular flexibility index (Phi) is 5.27. The third-order valence-electron chi connectivity index (χ3n) is 3.72. The van der Waals surface area contributed by atoms with Crippen molar-refractivity contribution in [1.29, 1.82) is 0 Å². The molecule has 2 atom stereocenters. The number of rotatable bonds is 5. The molecule has 2 aromatic rings. The van der Waals surface area contributed by atoms with Gasteiger partial charge < -0.3 is 15.4 Å². The largest absolute Gasteiger partial charge is 0.379 e. The lowest BCUT2D eigenvalue weighted by atomic mass is 10.0. The maximum absolute atomic E-state index is 12.2. The lowest BCUT2D eigenvalue weighted by Gasteiger charge is -2.33. The van der Waals surface area contributed by atoms with Gasteiger partial charge in [0, 0.05) is 19.0 Å². The molecule has 1 aliphatic heterocycles. The summed E-state index contributed by atoms with van der Waals surface area (Å²) in [5.41, 5.74) is 0. The molecular weight excluding hydrogens is 332 g/mol. The second-order valence-electron chi connectivity index (χ2n) is 5.63. The third-order valence-corrected chi connectivity index (χ3v) is 3.91. The van der Waals surface area contributed by atoms with E-state index in [9.17, 15) is 4.79 Å². The molecule has 1 aliphatic rings. The molecule has 0 aliphatic carbocycles. The zero-order valence-corrected chi connectivity index (χ0v) is 14.0. The Balaban J connectivity index is 1.60. The van der Waals surface area contributed by atoms with E-state index in [1.807, 2.05) is 6.92 Å². The standard InChI is InChI=1S/C15H19ClN6O2/c1-10-17-4-2-14(19-10)20-13-9-24-5-3-12(13)21-15(23)8-22-7-11(16)6-18-22/h2,4,6-7,12-13H,3,5,8-9H2,1H3,(H,21,23)(H,17,19,20)/t12-,13+/m0/s1. The Morgan fingerprint density at radius 3 is 3.12 bits per heavy atom. The molecule has 0 aromatic carbocycles. The van der Waals surface area contributed by atoms with Gasteiger partial charge in [0.25, 0.3) is 0 Å². The molecule has 2 aromatic heterocycles. The van der Waals surface area contributed by atoms with Crippen LogP contribution in [0.15, 0.2) is 24.7 Å². The molecule has 0 bridgehead atoms. The minimum absolute atomic E-state index is 0.0486. The summed E-state index contributed by atoms with van der Waals surface area (Å²) in [6, 6.07) is 1.69. The van der Waals surface area contributed by atoms with E-state index in [0.29, 0.717) is 24.1 Å². The van der Waals surface area contributed by atoms with Crippen molar-refractivity contribution in [2.24, 2.45) is 0 Å². The Hall–Kier alpha value is -2.19. The Morgan fingerprint density at radius 2 is 2.38 bits per heavy atom. The van der Waals surface area contributed by atoms with E-state index in [1.165, 1.54) is 10.9 Å². The first-order valence-corrected chi connectivity index (χ1v) is 8.09. The Morgan fingerprint density at radius 1 is 1.50 bits per heavy atom. The van der Waals surface area contributed by atoms with Crippen molar-refractivity contribution in [2.75, 3.05) is 18.5 Å². The molecule has 1 fully saturated rings. The van der Waals surface area contributed by atoms with Crippen molar-refractivity contribution in [3.63, 3.8) is 0 Å². The van der Waals surface area contributed by atoms with E-state index in [2.05, 4.69) is 25.7 Å². The second kappa shape index (κ2) is 7.59. The number of aryl methyl sites for hydroxylation is 1. The van der Waals surface area contributed by atoms with Gasteiger partial charge >= 0.3 is 0 Å². The second-order valence-corrected chi connectivity index (χ2v) is 6.07. The van der Waals surface area contributed by atoms with Gasteiger partial charge in [-0.2, -0.15) is 5.10 Å². The number of nitrogens with one attached hydrogen (secondary N) is 2. The average molecular weight is 351 g/mol. The van der Waals surface area contributed by atoms with Crippen LogP contribution in [0.1, 0.15) is 12.2 Å². The number of carbonyl (C=O) groups is 1. The number of halogens is 1. The fourth-order valence-corrected chi connectivity index (χ4v) is 2.76. The summed E-state index contributed by atoms with van der Waals surface area (Å²) < 4.78 is 7.03. The van der Waals surface area contributed by atoms with Crippen LogP contribution in [0.2, 0.25) is 5.02 Å². The van der Waals surface area contributed by atoms with Gasteiger partial charge in [-0.1, -0.05) is 11.6 Å². The number of hydrogen-bond donors (Lipinski definition) is 2. The Bertz CT molecular complexity index is 707. The van der Waals surface area contributed by atoms with Crippen LogP contribution < -0.4 is 10.6 Å². The summed E-state index contributed by atoms with van der Waals surface area (Å²) in [5, 5.41) is 10.9. The van der Waals surface area contributed by atoms with Crippen molar-refractivity contribution in [3.8, 4) is 0 Å². The molecule has 0 saturated carbocycles. The highest BCUT2D eigenvalue weighted by Gasteiger charge is 2.27. The molecule has 24 heavy (non-hydrogen) atoms. The summed E-state index contributed by atoms with van der Waals surface area (Å²) in [4.78, 5) is 20.6. The van der Waals surface area contributed by atoms with Crippen molar-refractivity contribution in [1.82, 2.24) is 25.1 Å². The topological polar surface area (TPSA) is 94.0 Å². The fourth-order valence-electron chi connectivity index (χ4n) is 2.60. The highest BCUT2D eigenvalue weighted by Crippen LogP contribution is 2.14. The lowest BCUT2D eigenvalue weighted by molar-refractivity contribution is -0.123. The number of nitrogens with zero attached hydrogens (tertiary/aromatic N) is 4. The monoisotopic (exact) mass is 350 g/mol. The minimum atomic E-state index is -0.118. The van der Waals surface area contributed by atoms with Gasteiger partial charge in [0.15, 0.2) is 0 Å². The summed E-state index contributed by atoms with van der Waals surface area (Å²) >= 11 is 5.81. The molecule has 3 rings (SSSR count). The van der Waals surface area contributed by atoms with Crippen LogP contribution in [0, 0.1) is 6.92 Å². The van der Waals surface area contributed by atoms with Gasteiger partial charge in [-0.25, -0.2) is 9.97 Å². The number of aromatic nitrogens is 4. The maximum atomic E-state index is 12.2. The first-order chi connectivity index (χ1) is 11.6. The number of hydrogen-bond acceptors (Lipinski definition) is 6. The molecule has 9 heteroatoms. The van der Waals surface area contributed by atoms with Crippen molar-refractivity contribution in [3.05, 3.63) is 35.5 Å². The fraction of sp³-hybridized carbons (Fsp3) is 0.467. The predicted octanol–water partition coefficient (Wildman–Crippen LogP) is 1.02. The molecule has 2 N–H and O–H groups in total. The van der Waals surface area contributed by atoms with Gasteiger partial charge in [-0.15, -0.1) is 0 Å². The van der Waals surface area contributed by atoms with Gasteiger partial charge in [0.1, 0.15) is 18.2 Å². The van der Waals surface area contributed by atoms with Crippen molar-refractivity contribution in [2.45, 2.75) is 32.0 Å². The van der Waals surface area contributed by atoms with Crippen molar-refractivity contribution >= 4 is 23.3 Å². The molecule has 3 heterocycles. The smallest absolute Gasteiger partial charge is 0.242 e. The summed E-state index contributed by atoms with van der Waals surface area (Å²) in [5.74, 6) is 1.29. The molecule has 8 nitrogen and oxygen atoms in total. The number of anilines is 1.